The second kappa shape index (κ2) is 7.50. The molecule has 1 amide bonds. The third-order valence-corrected chi connectivity index (χ3v) is 5.83. The van der Waals surface area contributed by atoms with Crippen molar-refractivity contribution in [2.24, 2.45) is 0 Å². The summed E-state index contributed by atoms with van der Waals surface area (Å²) in [5.41, 5.74) is 2.69. The van der Waals surface area contributed by atoms with Crippen molar-refractivity contribution >= 4 is 39.9 Å². The first kappa shape index (κ1) is 18.7. The maximum atomic E-state index is 13.0. The van der Waals surface area contributed by atoms with Crippen molar-refractivity contribution in [3.05, 3.63) is 76.3 Å². The van der Waals surface area contributed by atoms with Gasteiger partial charge in [-0.05, 0) is 42.5 Å². The molecule has 0 spiro atoms. The highest BCUT2D eigenvalue weighted by Gasteiger charge is 2.23. The number of pyridine rings is 1. The summed E-state index contributed by atoms with van der Waals surface area (Å²) in [5, 5.41) is 0.700. The van der Waals surface area contributed by atoms with Crippen LogP contribution in [-0.2, 0) is 11.3 Å². The molecular formula is C22H20ClN5O2. The summed E-state index contributed by atoms with van der Waals surface area (Å²) in [6, 6.07) is 15.0. The normalized spacial score (nSPS) is 14.6. The Labute approximate surface area is 177 Å². The number of hydrogen-bond acceptors (Lipinski definition) is 4. The Bertz CT molecular complexity index is 1300. The average Bonchev–Trinajstić information content (AvgIpc) is 3.27. The second-order valence-corrected chi connectivity index (χ2v) is 7.79. The smallest absolute Gasteiger partial charge is 0.276 e. The standard InChI is InChI=1S/C22H20ClN5O2/c23-16-4-1-5-17(14-16)25-10-12-26(13-11-25)20(29)15-28-21-18(6-2-8-24-21)27-9-3-7-19(27)22(28)30/h1-9,14H,10-13,15H2. The molecule has 3 aromatic heterocycles. The number of piperazine rings is 1. The molecule has 1 aliphatic heterocycles. The first-order chi connectivity index (χ1) is 14.6. The van der Waals surface area contributed by atoms with Gasteiger partial charge in [0.15, 0.2) is 5.65 Å². The molecular weight excluding hydrogens is 402 g/mol. The van der Waals surface area contributed by atoms with Gasteiger partial charge >= 0.3 is 0 Å². The van der Waals surface area contributed by atoms with Crippen LogP contribution in [0.25, 0.3) is 16.7 Å². The number of nitrogens with zero attached hydrogens (tertiary/aromatic N) is 5. The van der Waals surface area contributed by atoms with Gasteiger partial charge in [-0.15, -0.1) is 0 Å². The number of benzene rings is 1. The van der Waals surface area contributed by atoms with E-state index >= 15 is 0 Å². The molecule has 0 saturated carbocycles. The number of halogens is 1. The molecule has 1 aromatic carbocycles. The Hall–Kier alpha value is -3.32. The lowest BCUT2D eigenvalue weighted by atomic mass is 10.2. The average molecular weight is 422 g/mol. The zero-order valence-corrected chi connectivity index (χ0v) is 17.0. The first-order valence-electron chi connectivity index (χ1n) is 9.85. The predicted octanol–water partition coefficient (Wildman–Crippen LogP) is 2.65. The van der Waals surface area contributed by atoms with E-state index in [-0.39, 0.29) is 18.0 Å². The van der Waals surface area contributed by atoms with E-state index in [4.69, 9.17) is 11.6 Å². The van der Waals surface area contributed by atoms with Crippen molar-refractivity contribution in [3.63, 3.8) is 0 Å². The highest BCUT2D eigenvalue weighted by molar-refractivity contribution is 6.30. The van der Waals surface area contributed by atoms with Crippen LogP contribution in [0.4, 0.5) is 5.69 Å². The van der Waals surface area contributed by atoms with Crippen molar-refractivity contribution in [2.45, 2.75) is 6.54 Å². The van der Waals surface area contributed by atoms with E-state index in [2.05, 4.69) is 9.88 Å². The summed E-state index contributed by atoms with van der Waals surface area (Å²) in [4.78, 5) is 34.4. The van der Waals surface area contributed by atoms with E-state index < -0.39 is 0 Å². The van der Waals surface area contributed by atoms with E-state index in [0.717, 1.165) is 24.3 Å². The third kappa shape index (κ3) is 3.21. The van der Waals surface area contributed by atoms with Crippen molar-refractivity contribution < 1.29 is 4.79 Å². The third-order valence-electron chi connectivity index (χ3n) is 5.59. The molecule has 0 N–H and O–H groups in total. The van der Waals surface area contributed by atoms with E-state index in [9.17, 15) is 9.59 Å². The SMILES string of the molecule is O=C(Cn1c(=O)c2cccn2c2cccnc21)N1CCN(c2cccc(Cl)c2)CC1. The number of carbonyl (C=O) groups is 1. The van der Waals surface area contributed by atoms with Crippen LogP contribution in [0.2, 0.25) is 5.02 Å². The van der Waals surface area contributed by atoms with Gasteiger partial charge in [0.2, 0.25) is 5.91 Å². The number of carbonyl (C=O) groups excluding carboxylic acids is 1. The van der Waals surface area contributed by atoms with Crippen LogP contribution in [0, 0.1) is 0 Å². The van der Waals surface area contributed by atoms with Crippen LogP contribution in [0.1, 0.15) is 0 Å². The van der Waals surface area contributed by atoms with E-state index in [1.165, 1.54) is 4.57 Å². The van der Waals surface area contributed by atoms with Crippen molar-refractivity contribution in [2.75, 3.05) is 31.1 Å². The van der Waals surface area contributed by atoms with E-state index in [1.54, 1.807) is 12.3 Å². The summed E-state index contributed by atoms with van der Waals surface area (Å²) < 4.78 is 3.30. The summed E-state index contributed by atoms with van der Waals surface area (Å²) in [5.74, 6) is -0.0781. The number of hydrogen-bond donors (Lipinski definition) is 0. The monoisotopic (exact) mass is 421 g/mol. The van der Waals surface area contributed by atoms with Crippen LogP contribution in [0.15, 0.2) is 65.7 Å². The van der Waals surface area contributed by atoms with E-state index in [1.807, 2.05) is 58.0 Å². The number of rotatable bonds is 3. The van der Waals surface area contributed by atoms with Gasteiger partial charge in [-0.2, -0.15) is 0 Å². The molecule has 5 rings (SSSR count). The summed E-state index contributed by atoms with van der Waals surface area (Å²) in [7, 11) is 0. The minimum Gasteiger partial charge on any atom is -0.368 e. The molecule has 0 aliphatic carbocycles. The molecule has 7 nitrogen and oxygen atoms in total. The van der Waals surface area contributed by atoms with Crippen LogP contribution < -0.4 is 10.5 Å². The van der Waals surface area contributed by atoms with Gasteiger partial charge in [-0.1, -0.05) is 17.7 Å². The zero-order valence-electron chi connectivity index (χ0n) is 16.2. The predicted molar refractivity (Wildman–Crippen MR) is 117 cm³/mol. The highest BCUT2D eigenvalue weighted by atomic mass is 35.5. The largest absolute Gasteiger partial charge is 0.368 e. The Balaban J connectivity index is 1.38. The van der Waals surface area contributed by atoms with Gasteiger partial charge in [-0.3, -0.25) is 14.2 Å². The lowest BCUT2D eigenvalue weighted by molar-refractivity contribution is -0.132. The molecule has 0 bridgehead atoms. The van der Waals surface area contributed by atoms with Gasteiger partial charge in [0.25, 0.3) is 5.56 Å². The molecule has 8 heteroatoms. The van der Waals surface area contributed by atoms with Crippen molar-refractivity contribution in [3.8, 4) is 0 Å². The fraction of sp³-hybridized carbons (Fsp3) is 0.227. The zero-order chi connectivity index (χ0) is 20.7. The molecule has 4 aromatic rings. The topological polar surface area (TPSA) is 62.9 Å². The number of anilines is 1. The van der Waals surface area contributed by atoms with Gasteiger partial charge < -0.3 is 14.2 Å². The molecule has 1 aliphatic rings. The quantitative estimate of drug-likeness (QED) is 0.510. The van der Waals surface area contributed by atoms with Gasteiger partial charge in [0.1, 0.15) is 12.1 Å². The van der Waals surface area contributed by atoms with Crippen LogP contribution in [0.3, 0.4) is 0 Å². The maximum Gasteiger partial charge on any atom is 0.276 e. The Morgan fingerprint density at radius 1 is 1.00 bits per heavy atom. The molecule has 30 heavy (non-hydrogen) atoms. The van der Waals surface area contributed by atoms with Crippen LogP contribution >= 0.6 is 11.6 Å². The minimum atomic E-state index is -0.211. The van der Waals surface area contributed by atoms with Crippen LogP contribution in [-0.4, -0.2) is 50.9 Å². The Morgan fingerprint density at radius 2 is 1.80 bits per heavy atom. The number of fused-ring (bicyclic) bond motifs is 3. The molecule has 4 heterocycles. The molecule has 0 atom stereocenters. The summed E-state index contributed by atoms with van der Waals surface area (Å²) in [6.07, 6.45) is 3.48. The second-order valence-electron chi connectivity index (χ2n) is 7.35. The van der Waals surface area contributed by atoms with Gasteiger partial charge in [-0.25, -0.2) is 4.98 Å². The Kier molecular flexibility index (Phi) is 4.67. The summed E-state index contributed by atoms with van der Waals surface area (Å²) >= 11 is 6.10. The Morgan fingerprint density at radius 3 is 2.60 bits per heavy atom. The number of aromatic nitrogens is 3. The number of amides is 1. The van der Waals surface area contributed by atoms with Crippen LogP contribution in [0.5, 0.6) is 0 Å². The highest BCUT2D eigenvalue weighted by Crippen LogP contribution is 2.21. The molecule has 1 saturated heterocycles. The lowest BCUT2D eigenvalue weighted by Crippen LogP contribution is -2.50. The van der Waals surface area contributed by atoms with E-state index in [0.29, 0.717) is 29.3 Å². The molecule has 0 unspecified atom stereocenters. The summed E-state index contributed by atoms with van der Waals surface area (Å²) in [6.45, 7) is 2.61. The lowest BCUT2D eigenvalue weighted by Gasteiger charge is -2.36. The van der Waals surface area contributed by atoms with Crippen molar-refractivity contribution in [1.82, 2.24) is 18.9 Å². The fourth-order valence-corrected chi connectivity index (χ4v) is 4.24. The fourth-order valence-electron chi connectivity index (χ4n) is 4.05. The van der Waals surface area contributed by atoms with Gasteiger partial charge in [0, 0.05) is 49.3 Å². The van der Waals surface area contributed by atoms with Gasteiger partial charge in [0.05, 0.1) is 5.52 Å². The first-order valence-corrected chi connectivity index (χ1v) is 10.2. The van der Waals surface area contributed by atoms with Crippen molar-refractivity contribution in [1.29, 1.82) is 0 Å². The minimum absolute atomic E-state index is 0.0226. The molecule has 152 valence electrons. The maximum absolute atomic E-state index is 13.0. The molecule has 1 fully saturated rings. The molecule has 0 radical (unpaired) electrons.